The highest BCUT2D eigenvalue weighted by molar-refractivity contribution is 5.90. The molecular formula is C13H19F3N2O3. The van der Waals surface area contributed by atoms with Crippen molar-refractivity contribution in [3.8, 4) is 0 Å². The van der Waals surface area contributed by atoms with Crippen LogP contribution in [0.1, 0.15) is 25.7 Å². The number of likely N-dealkylation sites (tertiary alicyclic amines) is 2. The van der Waals surface area contributed by atoms with Gasteiger partial charge in [-0.15, -0.1) is 0 Å². The van der Waals surface area contributed by atoms with Crippen molar-refractivity contribution in [2.24, 2.45) is 0 Å². The molecule has 0 N–H and O–H groups in total. The van der Waals surface area contributed by atoms with E-state index in [-0.39, 0.29) is 24.9 Å². The molecule has 0 aromatic rings. The molecule has 21 heavy (non-hydrogen) atoms. The number of hydrogen-bond donors (Lipinski definition) is 0. The molecule has 2 aliphatic rings. The van der Waals surface area contributed by atoms with Gasteiger partial charge in [-0.3, -0.25) is 9.59 Å². The molecule has 120 valence electrons. The van der Waals surface area contributed by atoms with Gasteiger partial charge in [-0.2, -0.15) is 13.2 Å². The molecule has 5 nitrogen and oxygen atoms in total. The van der Waals surface area contributed by atoms with Gasteiger partial charge in [0, 0.05) is 20.2 Å². The monoisotopic (exact) mass is 308 g/mol. The van der Waals surface area contributed by atoms with Crippen molar-refractivity contribution >= 4 is 11.8 Å². The number of methoxy groups -OCH3 is 1. The number of hydrogen-bond acceptors (Lipinski definition) is 3. The maximum absolute atomic E-state index is 12.6. The van der Waals surface area contributed by atoms with Crippen LogP contribution in [0.4, 0.5) is 13.2 Å². The summed E-state index contributed by atoms with van der Waals surface area (Å²) in [6.45, 7) is 0.862. The van der Waals surface area contributed by atoms with Crippen LogP contribution in [0.5, 0.6) is 0 Å². The number of carbonyl (C=O) groups is 2. The summed E-state index contributed by atoms with van der Waals surface area (Å²) in [6.07, 6.45) is -2.64. The van der Waals surface area contributed by atoms with Crippen LogP contribution in [0.15, 0.2) is 0 Å². The number of nitrogens with zero attached hydrogens (tertiary/aromatic N) is 2. The Hall–Kier alpha value is -1.31. The molecule has 2 heterocycles. The average Bonchev–Trinajstić information content (AvgIpc) is 3.05. The lowest BCUT2D eigenvalue weighted by molar-refractivity contribution is -0.187. The number of alkyl halides is 3. The Morgan fingerprint density at radius 3 is 2.38 bits per heavy atom. The Labute approximate surface area is 121 Å². The van der Waals surface area contributed by atoms with E-state index in [2.05, 4.69) is 0 Å². The van der Waals surface area contributed by atoms with Gasteiger partial charge in [0.15, 0.2) is 0 Å². The molecular weight excluding hydrogens is 289 g/mol. The third-order valence-corrected chi connectivity index (χ3v) is 4.06. The van der Waals surface area contributed by atoms with Crippen molar-refractivity contribution in [2.75, 3.05) is 26.8 Å². The van der Waals surface area contributed by atoms with Crippen LogP contribution in [0.3, 0.4) is 0 Å². The zero-order valence-corrected chi connectivity index (χ0v) is 11.9. The topological polar surface area (TPSA) is 49.9 Å². The highest BCUT2D eigenvalue weighted by Gasteiger charge is 2.49. The smallest absolute Gasteiger partial charge is 0.383 e. The predicted octanol–water partition coefficient (Wildman–Crippen LogP) is 1.18. The van der Waals surface area contributed by atoms with E-state index >= 15 is 0 Å². The maximum Gasteiger partial charge on any atom is 0.471 e. The van der Waals surface area contributed by atoms with Gasteiger partial charge in [0.05, 0.1) is 12.6 Å². The van der Waals surface area contributed by atoms with Crippen molar-refractivity contribution in [3.05, 3.63) is 0 Å². The van der Waals surface area contributed by atoms with Crippen LogP contribution in [-0.2, 0) is 14.3 Å². The molecule has 8 heteroatoms. The summed E-state index contributed by atoms with van der Waals surface area (Å²) in [4.78, 5) is 26.1. The Balaban J connectivity index is 2.09. The summed E-state index contributed by atoms with van der Waals surface area (Å²) < 4.78 is 42.8. The fourth-order valence-electron chi connectivity index (χ4n) is 3.11. The van der Waals surface area contributed by atoms with Crippen LogP contribution in [-0.4, -0.2) is 66.7 Å². The number of rotatable bonds is 3. The standard InChI is InChI=1S/C13H19F3N2O3/c1-21-8-9-4-2-6-17(9)11(19)10-5-3-7-18(10)12(20)13(14,15)16/h9-10H,2-8H2,1H3. The summed E-state index contributed by atoms with van der Waals surface area (Å²) in [5.41, 5.74) is 0. The van der Waals surface area contributed by atoms with Crippen LogP contribution in [0, 0.1) is 0 Å². The lowest BCUT2D eigenvalue weighted by atomic mass is 10.1. The van der Waals surface area contributed by atoms with Gasteiger partial charge in [-0.1, -0.05) is 0 Å². The molecule has 2 atom stereocenters. The quantitative estimate of drug-likeness (QED) is 0.786. The number of ether oxygens (including phenoxy) is 1. The molecule has 2 aliphatic heterocycles. The maximum atomic E-state index is 12.6. The largest absolute Gasteiger partial charge is 0.471 e. The minimum Gasteiger partial charge on any atom is -0.383 e. The Morgan fingerprint density at radius 2 is 1.76 bits per heavy atom. The minimum atomic E-state index is -4.93. The third kappa shape index (κ3) is 3.30. The van der Waals surface area contributed by atoms with Gasteiger partial charge >= 0.3 is 12.1 Å². The summed E-state index contributed by atoms with van der Waals surface area (Å²) >= 11 is 0. The van der Waals surface area contributed by atoms with E-state index < -0.39 is 18.1 Å². The van der Waals surface area contributed by atoms with Gasteiger partial charge in [-0.25, -0.2) is 0 Å². The molecule has 2 saturated heterocycles. The lowest BCUT2D eigenvalue weighted by Gasteiger charge is -2.31. The summed E-state index contributed by atoms with van der Waals surface area (Å²) in [5, 5.41) is 0. The van der Waals surface area contributed by atoms with Crippen molar-refractivity contribution in [3.63, 3.8) is 0 Å². The van der Waals surface area contributed by atoms with Crippen LogP contribution in [0.2, 0.25) is 0 Å². The molecule has 0 spiro atoms. The Morgan fingerprint density at radius 1 is 1.14 bits per heavy atom. The van der Waals surface area contributed by atoms with E-state index in [4.69, 9.17) is 4.74 Å². The fraction of sp³-hybridized carbons (Fsp3) is 0.846. The molecule has 0 saturated carbocycles. The Kier molecular flexibility index (Phi) is 4.75. The van der Waals surface area contributed by atoms with Gasteiger partial charge in [0.25, 0.3) is 0 Å². The molecule has 0 radical (unpaired) electrons. The first-order chi connectivity index (χ1) is 9.86. The van der Waals surface area contributed by atoms with E-state index in [0.717, 1.165) is 12.8 Å². The normalized spacial score (nSPS) is 26.5. The number of amides is 2. The van der Waals surface area contributed by atoms with Crippen LogP contribution >= 0.6 is 0 Å². The number of halogens is 3. The summed E-state index contributed by atoms with van der Waals surface area (Å²) in [7, 11) is 1.52. The SMILES string of the molecule is COCC1CCCN1C(=O)C1CCCN1C(=O)C(F)(F)F. The molecule has 0 aliphatic carbocycles. The van der Waals surface area contributed by atoms with Gasteiger partial charge < -0.3 is 14.5 Å². The van der Waals surface area contributed by atoms with Crippen molar-refractivity contribution in [1.29, 1.82) is 0 Å². The highest BCUT2D eigenvalue weighted by atomic mass is 19.4. The molecule has 0 bridgehead atoms. The van der Waals surface area contributed by atoms with E-state index in [1.54, 1.807) is 4.90 Å². The summed E-state index contributed by atoms with van der Waals surface area (Å²) in [6, 6.07) is -1.09. The first kappa shape index (κ1) is 16.1. The second kappa shape index (κ2) is 6.21. The van der Waals surface area contributed by atoms with Crippen molar-refractivity contribution in [2.45, 2.75) is 43.9 Å². The zero-order valence-electron chi connectivity index (χ0n) is 11.9. The summed E-state index contributed by atoms with van der Waals surface area (Å²) in [5.74, 6) is -2.30. The van der Waals surface area contributed by atoms with E-state index in [9.17, 15) is 22.8 Å². The predicted molar refractivity (Wildman–Crippen MR) is 67.4 cm³/mol. The molecule has 0 aromatic carbocycles. The van der Waals surface area contributed by atoms with Gasteiger partial charge in [0.1, 0.15) is 6.04 Å². The first-order valence-electron chi connectivity index (χ1n) is 7.03. The third-order valence-electron chi connectivity index (χ3n) is 4.06. The lowest BCUT2D eigenvalue weighted by Crippen LogP contribution is -2.52. The second-order valence-corrected chi connectivity index (χ2v) is 5.44. The molecule has 2 unspecified atom stereocenters. The molecule has 0 aromatic heterocycles. The Bertz CT molecular complexity index is 414. The van der Waals surface area contributed by atoms with E-state index in [1.165, 1.54) is 7.11 Å². The van der Waals surface area contributed by atoms with Gasteiger partial charge in [0.2, 0.25) is 5.91 Å². The highest BCUT2D eigenvalue weighted by Crippen LogP contribution is 2.28. The van der Waals surface area contributed by atoms with Crippen molar-refractivity contribution < 1.29 is 27.5 Å². The average molecular weight is 308 g/mol. The van der Waals surface area contributed by atoms with Crippen LogP contribution in [0.25, 0.3) is 0 Å². The van der Waals surface area contributed by atoms with E-state index in [1.807, 2.05) is 0 Å². The van der Waals surface area contributed by atoms with Gasteiger partial charge in [-0.05, 0) is 25.7 Å². The molecule has 2 amide bonds. The first-order valence-corrected chi connectivity index (χ1v) is 7.03. The van der Waals surface area contributed by atoms with Crippen LogP contribution < -0.4 is 0 Å². The molecule has 2 fully saturated rings. The minimum absolute atomic E-state index is 0.0163. The fourth-order valence-corrected chi connectivity index (χ4v) is 3.11. The van der Waals surface area contributed by atoms with E-state index in [0.29, 0.717) is 24.5 Å². The van der Waals surface area contributed by atoms with Crippen molar-refractivity contribution in [1.82, 2.24) is 9.80 Å². The zero-order chi connectivity index (χ0) is 15.6. The number of carbonyl (C=O) groups excluding carboxylic acids is 2. The molecule has 2 rings (SSSR count). The second-order valence-electron chi connectivity index (χ2n) is 5.44.